The van der Waals surface area contributed by atoms with Crippen LogP contribution in [0.3, 0.4) is 0 Å². The third-order valence-electron chi connectivity index (χ3n) is 3.72. The fraction of sp³-hybridized carbons (Fsp3) is 0.158. The Morgan fingerprint density at radius 3 is 2.35 bits per heavy atom. The van der Waals surface area contributed by atoms with Crippen molar-refractivity contribution in [2.45, 2.75) is 12.2 Å². The van der Waals surface area contributed by atoms with Gasteiger partial charge in [0.05, 0.1) is 5.75 Å². The Morgan fingerprint density at radius 1 is 0.923 bits per heavy atom. The van der Waals surface area contributed by atoms with E-state index in [9.17, 15) is 12.8 Å². The molecule has 0 amide bonds. The van der Waals surface area contributed by atoms with Crippen LogP contribution in [-0.2, 0) is 22.2 Å². The highest BCUT2D eigenvalue weighted by molar-refractivity contribution is 7.88. The fourth-order valence-corrected chi connectivity index (χ4v) is 3.60. The summed E-state index contributed by atoms with van der Waals surface area (Å²) in [7, 11) is -3.53. The highest BCUT2D eigenvalue weighted by Gasteiger charge is 2.11. The SMILES string of the molecule is O=S(=O)(Cc1cccc(F)c1)NCCc1cnc(-c2ccccc2)nc1. The van der Waals surface area contributed by atoms with E-state index in [1.54, 1.807) is 18.5 Å². The predicted octanol–water partition coefficient (Wildman–Crippen LogP) is 2.94. The molecule has 0 saturated carbocycles. The van der Waals surface area contributed by atoms with Crippen LogP contribution in [0.1, 0.15) is 11.1 Å². The van der Waals surface area contributed by atoms with Crippen LogP contribution in [-0.4, -0.2) is 24.9 Å². The molecular formula is C19H18FN3O2S. The molecule has 0 fully saturated rings. The minimum absolute atomic E-state index is 0.228. The second kappa shape index (κ2) is 8.16. The maximum absolute atomic E-state index is 13.1. The number of rotatable bonds is 7. The lowest BCUT2D eigenvalue weighted by atomic mass is 10.2. The summed E-state index contributed by atoms with van der Waals surface area (Å²) in [5, 5.41) is 0. The van der Waals surface area contributed by atoms with Crippen molar-refractivity contribution < 1.29 is 12.8 Å². The zero-order valence-corrected chi connectivity index (χ0v) is 14.8. The van der Waals surface area contributed by atoms with Crippen molar-refractivity contribution in [3.63, 3.8) is 0 Å². The molecule has 3 aromatic rings. The first-order valence-corrected chi connectivity index (χ1v) is 9.75. The van der Waals surface area contributed by atoms with Crippen LogP contribution in [0.15, 0.2) is 67.0 Å². The van der Waals surface area contributed by atoms with Gasteiger partial charge in [-0.25, -0.2) is 27.5 Å². The van der Waals surface area contributed by atoms with Crippen molar-refractivity contribution in [3.8, 4) is 11.4 Å². The molecule has 0 spiro atoms. The molecule has 0 radical (unpaired) electrons. The summed E-state index contributed by atoms with van der Waals surface area (Å²) in [6.45, 7) is 0.228. The first kappa shape index (κ1) is 18.2. The maximum atomic E-state index is 13.1. The minimum atomic E-state index is -3.53. The van der Waals surface area contributed by atoms with E-state index in [2.05, 4.69) is 14.7 Å². The number of benzene rings is 2. The average molecular weight is 371 g/mol. The van der Waals surface area contributed by atoms with Crippen LogP contribution in [0.2, 0.25) is 0 Å². The number of aromatic nitrogens is 2. The van der Waals surface area contributed by atoms with Crippen LogP contribution in [0.25, 0.3) is 11.4 Å². The largest absolute Gasteiger partial charge is 0.236 e. The molecule has 0 atom stereocenters. The molecule has 3 rings (SSSR count). The van der Waals surface area contributed by atoms with Crippen molar-refractivity contribution in [1.82, 2.24) is 14.7 Å². The molecule has 1 heterocycles. The van der Waals surface area contributed by atoms with Crippen LogP contribution < -0.4 is 4.72 Å². The van der Waals surface area contributed by atoms with E-state index in [0.29, 0.717) is 17.8 Å². The molecular weight excluding hydrogens is 353 g/mol. The van der Waals surface area contributed by atoms with Gasteiger partial charge in [-0.05, 0) is 29.7 Å². The molecule has 7 heteroatoms. The number of halogens is 1. The van der Waals surface area contributed by atoms with Crippen molar-refractivity contribution in [1.29, 1.82) is 0 Å². The van der Waals surface area contributed by atoms with Gasteiger partial charge in [0.2, 0.25) is 10.0 Å². The van der Waals surface area contributed by atoms with E-state index >= 15 is 0 Å². The number of sulfonamides is 1. The van der Waals surface area contributed by atoms with Gasteiger partial charge in [-0.1, -0.05) is 42.5 Å². The summed E-state index contributed by atoms with van der Waals surface area (Å²) in [6, 6.07) is 15.2. The lowest BCUT2D eigenvalue weighted by Gasteiger charge is -2.07. The van der Waals surface area contributed by atoms with E-state index in [1.165, 1.54) is 18.2 Å². The number of hydrogen-bond acceptors (Lipinski definition) is 4. The Balaban J connectivity index is 1.54. The molecule has 2 aromatic carbocycles. The predicted molar refractivity (Wildman–Crippen MR) is 98.2 cm³/mol. The smallest absolute Gasteiger partial charge is 0.215 e. The fourth-order valence-electron chi connectivity index (χ4n) is 2.47. The summed E-state index contributed by atoms with van der Waals surface area (Å²) >= 11 is 0. The van der Waals surface area contributed by atoms with E-state index in [4.69, 9.17) is 0 Å². The molecule has 1 aromatic heterocycles. The van der Waals surface area contributed by atoms with Gasteiger partial charge in [-0.3, -0.25) is 0 Å². The van der Waals surface area contributed by atoms with Gasteiger partial charge in [0.15, 0.2) is 5.82 Å². The molecule has 0 aliphatic heterocycles. The van der Waals surface area contributed by atoms with Gasteiger partial charge in [-0.15, -0.1) is 0 Å². The lowest BCUT2D eigenvalue weighted by Crippen LogP contribution is -2.27. The van der Waals surface area contributed by atoms with Crippen molar-refractivity contribution >= 4 is 10.0 Å². The van der Waals surface area contributed by atoms with E-state index in [-0.39, 0.29) is 12.3 Å². The Kier molecular flexibility index (Phi) is 5.70. The summed E-state index contributed by atoms with van der Waals surface area (Å²) in [5.41, 5.74) is 2.17. The second-order valence-electron chi connectivity index (χ2n) is 5.81. The number of nitrogens with one attached hydrogen (secondary N) is 1. The summed E-state index contributed by atoms with van der Waals surface area (Å²) in [5.74, 6) is -0.0804. The lowest BCUT2D eigenvalue weighted by molar-refractivity contribution is 0.580. The molecule has 134 valence electrons. The van der Waals surface area contributed by atoms with Crippen molar-refractivity contribution in [3.05, 3.63) is 83.9 Å². The molecule has 26 heavy (non-hydrogen) atoms. The van der Waals surface area contributed by atoms with Gasteiger partial charge < -0.3 is 0 Å². The van der Waals surface area contributed by atoms with Crippen molar-refractivity contribution in [2.75, 3.05) is 6.54 Å². The molecule has 5 nitrogen and oxygen atoms in total. The Hall–Kier alpha value is -2.64. The van der Waals surface area contributed by atoms with Gasteiger partial charge in [-0.2, -0.15) is 0 Å². The Bertz CT molecular complexity index is 962. The standard InChI is InChI=1S/C19H18FN3O2S/c20-18-8-4-5-15(11-18)14-26(24,25)23-10-9-16-12-21-19(22-13-16)17-6-2-1-3-7-17/h1-8,11-13,23H,9-10,14H2. The molecule has 1 N–H and O–H groups in total. The summed E-state index contributed by atoms with van der Waals surface area (Å²) in [4.78, 5) is 8.62. The van der Waals surface area contributed by atoms with Gasteiger partial charge in [0, 0.05) is 24.5 Å². The van der Waals surface area contributed by atoms with Crippen LogP contribution >= 0.6 is 0 Å². The Labute approximate surface area is 152 Å². The summed E-state index contributed by atoms with van der Waals surface area (Å²) in [6.07, 6.45) is 3.85. The molecule has 0 aliphatic rings. The molecule has 0 saturated heterocycles. The monoisotopic (exact) mass is 371 g/mol. The minimum Gasteiger partial charge on any atom is -0.236 e. The quantitative estimate of drug-likeness (QED) is 0.693. The zero-order valence-electron chi connectivity index (χ0n) is 14.0. The van der Waals surface area contributed by atoms with E-state index in [1.807, 2.05) is 30.3 Å². The normalized spacial score (nSPS) is 11.4. The van der Waals surface area contributed by atoms with Crippen molar-refractivity contribution in [2.24, 2.45) is 0 Å². The van der Waals surface area contributed by atoms with Gasteiger partial charge in [0.25, 0.3) is 0 Å². The van der Waals surface area contributed by atoms with Crippen LogP contribution in [0.4, 0.5) is 4.39 Å². The van der Waals surface area contributed by atoms with E-state index < -0.39 is 15.8 Å². The third kappa shape index (κ3) is 5.18. The molecule has 0 unspecified atom stereocenters. The molecule has 0 aliphatic carbocycles. The van der Waals surface area contributed by atoms with E-state index in [0.717, 1.165) is 11.1 Å². The third-order valence-corrected chi connectivity index (χ3v) is 5.08. The highest BCUT2D eigenvalue weighted by Crippen LogP contribution is 2.13. The van der Waals surface area contributed by atoms with Gasteiger partial charge in [0.1, 0.15) is 5.82 Å². The van der Waals surface area contributed by atoms with Crippen LogP contribution in [0, 0.1) is 5.82 Å². The first-order valence-electron chi connectivity index (χ1n) is 8.10. The van der Waals surface area contributed by atoms with Gasteiger partial charge >= 0.3 is 0 Å². The van der Waals surface area contributed by atoms with Crippen LogP contribution in [0.5, 0.6) is 0 Å². The maximum Gasteiger partial charge on any atom is 0.215 e. The Morgan fingerprint density at radius 2 is 1.65 bits per heavy atom. The second-order valence-corrected chi connectivity index (χ2v) is 7.62. The first-order chi connectivity index (χ1) is 12.5. The number of hydrogen-bond donors (Lipinski definition) is 1. The topological polar surface area (TPSA) is 72.0 Å². The summed E-state index contributed by atoms with van der Waals surface area (Å²) < 4.78 is 39.8. The highest BCUT2D eigenvalue weighted by atomic mass is 32.2. The molecule has 0 bridgehead atoms. The average Bonchev–Trinajstić information content (AvgIpc) is 2.62. The number of nitrogens with zero attached hydrogens (tertiary/aromatic N) is 2. The zero-order chi connectivity index (χ0) is 18.4.